The number of carboxylic acid groups (broad SMARTS) is 1. The van der Waals surface area contributed by atoms with E-state index in [4.69, 9.17) is 10.8 Å². The van der Waals surface area contributed by atoms with Gasteiger partial charge >= 0.3 is 12.1 Å². The van der Waals surface area contributed by atoms with Gasteiger partial charge in [0.25, 0.3) is 0 Å². The highest BCUT2D eigenvalue weighted by Crippen LogP contribution is 2.30. The lowest BCUT2D eigenvalue weighted by Gasteiger charge is -2.09. The molecule has 17 heavy (non-hydrogen) atoms. The lowest BCUT2D eigenvalue weighted by atomic mass is 10.0. The van der Waals surface area contributed by atoms with Crippen LogP contribution in [0.15, 0.2) is 24.3 Å². The maximum atomic E-state index is 12.4. The number of alkyl halides is 3. The smallest absolute Gasteiger partial charge is 0.416 e. The number of rotatable bonds is 3. The van der Waals surface area contributed by atoms with Crippen molar-refractivity contribution in [3.8, 4) is 0 Å². The third-order valence-corrected chi connectivity index (χ3v) is 2.04. The summed E-state index contributed by atoms with van der Waals surface area (Å²) in [7, 11) is 0. The van der Waals surface area contributed by atoms with E-state index in [1.54, 1.807) is 0 Å². The highest BCUT2D eigenvalue weighted by molar-refractivity contribution is 5.92. The molecule has 0 fully saturated rings. The van der Waals surface area contributed by atoms with Crippen molar-refractivity contribution in [2.75, 3.05) is 6.54 Å². The summed E-state index contributed by atoms with van der Waals surface area (Å²) in [5.41, 5.74) is 4.07. The topological polar surface area (TPSA) is 63.3 Å². The van der Waals surface area contributed by atoms with Gasteiger partial charge in [0.2, 0.25) is 0 Å². The number of hydrogen-bond donors (Lipinski definition) is 2. The van der Waals surface area contributed by atoms with Crippen LogP contribution in [0.5, 0.6) is 0 Å². The van der Waals surface area contributed by atoms with Gasteiger partial charge in [-0.1, -0.05) is 12.2 Å². The zero-order chi connectivity index (χ0) is 13.1. The molecule has 3 N–H and O–H groups in total. The second kappa shape index (κ2) is 5.01. The minimum atomic E-state index is -4.50. The number of halogens is 3. The number of hydrogen-bond acceptors (Lipinski definition) is 2. The number of carboxylic acids is 1. The third-order valence-electron chi connectivity index (χ3n) is 2.04. The Labute approximate surface area is 95.4 Å². The molecule has 3 nitrogen and oxygen atoms in total. The Balaban J connectivity index is 3.29. The first-order chi connectivity index (χ1) is 7.86. The molecule has 0 heterocycles. The Morgan fingerprint density at radius 1 is 1.41 bits per heavy atom. The van der Waals surface area contributed by atoms with Crippen LogP contribution >= 0.6 is 0 Å². The van der Waals surface area contributed by atoms with Crippen LogP contribution < -0.4 is 5.73 Å². The van der Waals surface area contributed by atoms with Crippen LogP contribution in [0, 0.1) is 0 Å². The van der Waals surface area contributed by atoms with Gasteiger partial charge in [0.05, 0.1) is 11.1 Å². The Morgan fingerprint density at radius 3 is 2.53 bits per heavy atom. The maximum absolute atomic E-state index is 12.4. The third kappa shape index (κ3) is 3.32. The quantitative estimate of drug-likeness (QED) is 0.859. The lowest BCUT2D eigenvalue weighted by molar-refractivity contribution is -0.137. The van der Waals surface area contributed by atoms with Crippen molar-refractivity contribution >= 4 is 12.0 Å². The van der Waals surface area contributed by atoms with Gasteiger partial charge in [-0.3, -0.25) is 0 Å². The molecule has 0 unspecified atom stereocenters. The molecule has 1 rings (SSSR count). The van der Waals surface area contributed by atoms with Gasteiger partial charge in [-0.15, -0.1) is 0 Å². The molecular formula is C11H10F3NO2. The highest BCUT2D eigenvalue weighted by atomic mass is 19.4. The molecule has 0 amide bonds. The van der Waals surface area contributed by atoms with Crippen LogP contribution in [0.2, 0.25) is 0 Å². The molecule has 6 heteroatoms. The predicted molar refractivity (Wildman–Crippen MR) is 56.5 cm³/mol. The van der Waals surface area contributed by atoms with Crippen molar-refractivity contribution in [1.82, 2.24) is 0 Å². The van der Waals surface area contributed by atoms with Crippen molar-refractivity contribution in [3.05, 3.63) is 41.0 Å². The van der Waals surface area contributed by atoms with E-state index in [0.29, 0.717) is 0 Å². The summed E-state index contributed by atoms with van der Waals surface area (Å²) < 4.78 is 37.3. The summed E-state index contributed by atoms with van der Waals surface area (Å²) in [6, 6.07) is 2.46. The van der Waals surface area contributed by atoms with E-state index in [2.05, 4.69) is 0 Å². The Morgan fingerprint density at radius 2 is 2.06 bits per heavy atom. The van der Waals surface area contributed by atoms with Gasteiger partial charge in [0.15, 0.2) is 0 Å². The van der Waals surface area contributed by atoms with E-state index in [1.807, 2.05) is 0 Å². The van der Waals surface area contributed by atoms with Crippen LogP contribution in [-0.2, 0) is 6.18 Å². The summed E-state index contributed by atoms with van der Waals surface area (Å²) in [5, 5.41) is 8.81. The second-order valence-electron chi connectivity index (χ2n) is 3.24. The predicted octanol–water partition coefficient (Wildman–Crippen LogP) is 2.38. The molecule has 0 radical (unpaired) electrons. The fourth-order valence-electron chi connectivity index (χ4n) is 1.27. The molecule has 0 aliphatic rings. The Kier molecular flexibility index (Phi) is 3.90. The van der Waals surface area contributed by atoms with Crippen molar-refractivity contribution in [1.29, 1.82) is 0 Å². The van der Waals surface area contributed by atoms with E-state index < -0.39 is 17.7 Å². The first kappa shape index (κ1) is 13.2. The van der Waals surface area contributed by atoms with Crippen LogP contribution in [-0.4, -0.2) is 17.6 Å². The van der Waals surface area contributed by atoms with Gasteiger partial charge in [-0.2, -0.15) is 13.2 Å². The molecule has 1 aromatic rings. The van der Waals surface area contributed by atoms with Gasteiger partial charge in [0.1, 0.15) is 0 Å². The number of benzene rings is 1. The molecule has 0 aliphatic heterocycles. The summed E-state index contributed by atoms with van der Waals surface area (Å²) in [5.74, 6) is -1.28. The molecule has 92 valence electrons. The summed E-state index contributed by atoms with van der Waals surface area (Å²) in [4.78, 5) is 10.8. The zero-order valence-electron chi connectivity index (χ0n) is 8.66. The zero-order valence-corrected chi connectivity index (χ0v) is 8.66. The van der Waals surface area contributed by atoms with Crippen molar-refractivity contribution in [2.24, 2.45) is 5.73 Å². The van der Waals surface area contributed by atoms with E-state index >= 15 is 0 Å². The average molecular weight is 245 g/mol. The first-order valence-electron chi connectivity index (χ1n) is 4.67. The minimum Gasteiger partial charge on any atom is -0.478 e. The van der Waals surface area contributed by atoms with Gasteiger partial charge in [0, 0.05) is 6.54 Å². The Hall–Kier alpha value is -1.82. The molecule has 0 spiro atoms. The van der Waals surface area contributed by atoms with Crippen molar-refractivity contribution < 1.29 is 23.1 Å². The first-order valence-corrected chi connectivity index (χ1v) is 4.67. The highest BCUT2D eigenvalue weighted by Gasteiger charge is 2.31. The average Bonchev–Trinajstić information content (AvgIpc) is 2.24. The molecule has 0 bridgehead atoms. The molecule has 0 saturated carbocycles. The summed E-state index contributed by atoms with van der Waals surface area (Å²) >= 11 is 0. The van der Waals surface area contributed by atoms with Crippen LogP contribution in [0.3, 0.4) is 0 Å². The van der Waals surface area contributed by atoms with Gasteiger partial charge in [-0.05, 0) is 23.8 Å². The molecular weight excluding hydrogens is 235 g/mol. The van der Waals surface area contributed by atoms with Crippen molar-refractivity contribution in [2.45, 2.75) is 6.18 Å². The minimum absolute atomic E-state index is 0.0159. The standard InChI is InChI=1S/C11H10F3NO2/c12-11(13,14)8-3-4-9(10(16)17)7(6-8)2-1-5-15/h1-4,6H,5,15H2,(H,16,17). The van der Waals surface area contributed by atoms with Crippen LogP contribution in [0.25, 0.3) is 6.08 Å². The second-order valence-corrected chi connectivity index (χ2v) is 3.24. The fourth-order valence-corrected chi connectivity index (χ4v) is 1.27. The fraction of sp³-hybridized carbons (Fsp3) is 0.182. The largest absolute Gasteiger partial charge is 0.478 e. The van der Waals surface area contributed by atoms with Crippen LogP contribution in [0.4, 0.5) is 13.2 Å². The monoisotopic (exact) mass is 245 g/mol. The van der Waals surface area contributed by atoms with E-state index in [-0.39, 0.29) is 17.7 Å². The van der Waals surface area contributed by atoms with E-state index in [1.165, 1.54) is 12.2 Å². The maximum Gasteiger partial charge on any atom is 0.416 e. The van der Waals surface area contributed by atoms with Crippen LogP contribution in [0.1, 0.15) is 21.5 Å². The molecule has 0 aliphatic carbocycles. The summed E-state index contributed by atoms with van der Waals surface area (Å²) in [6.07, 6.45) is -1.84. The van der Waals surface area contributed by atoms with E-state index in [0.717, 1.165) is 18.2 Å². The number of carbonyl (C=O) groups is 1. The SMILES string of the molecule is NCC=Cc1cc(C(F)(F)F)ccc1C(=O)O. The normalized spacial score (nSPS) is 12.0. The molecule has 0 atom stereocenters. The molecule has 0 aromatic heterocycles. The number of nitrogens with two attached hydrogens (primary N) is 1. The van der Waals surface area contributed by atoms with E-state index in [9.17, 15) is 18.0 Å². The van der Waals surface area contributed by atoms with Gasteiger partial charge in [-0.25, -0.2) is 4.79 Å². The summed E-state index contributed by atoms with van der Waals surface area (Å²) in [6.45, 7) is 0.120. The van der Waals surface area contributed by atoms with Crippen molar-refractivity contribution in [3.63, 3.8) is 0 Å². The number of aromatic carboxylic acids is 1. The Bertz CT molecular complexity index is 453. The van der Waals surface area contributed by atoms with Gasteiger partial charge < -0.3 is 10.8 Å². The molecule has 0 saturated heterocycles. The lowest BCUT2D eigenvalue weighted by Crippen LogP contribution is -2.08. The molecule has 1 aromatic carbocycles.